The van der Waals surface area contributed by atoms with Crippen LogP contribution in [0.25, 0.3) is 0 Å². The highest BCUT2D eigenvalue weighted by Crippen LogP contribution is 2.31. The molecular formula is C18H28N4O. The standard InChI is InChI=1S/C18H28N4O/c1-14-12-15-6-3-4-8-17(15)22(14)10-9-20-18(19-2)21-13-16-7-5-11-23-16/h3-4,6,8,14,16H,5,7,9-13H2,1-2H3,(H2,19,20,21). The molecule has 23 heavy (non-hydrogen) atoms. The first kappa shape index (κ1) is 16.1. The van der Waals surface area contributed by atoms with E-state index in [2.05, 4.69) is 51.7 Å². The fraction of sp³-hybridized carbons (Fsp3) is 0.611. The van der Waals surface area contributed by atoms with Gasteiger partial charge in [-0.15, -0.1) is 0 Å². The van der Waals surface area contributed by atoms with Crippen molar-refractivity contribution in [3.05, 3.63) is 29.8 Å². The third kappa shape index (κ3) is 3.96. The predicted octanol–water partition coefficient (Wildman–Crippen LogP) is 1.78. The minimum absolute atomic E-state index is 0.332. The average molecular weight is 316 g/mol. The normalized spacial score (nSPS) is 23.9. The van der Waals surface area contributed by atoms with Crippen LogP contribution in [0.5, 0.6) is 0 Å². The summed E-state index contributed by atoms with van der Waals surface area (Å²) in [4.78, 5) is 6.78. The van der Waals surface area contributed by atoms with Crippen LogP contribution in [-0.2, 0) is 11.2 Å². The summed E-state index contributed by atoms with van der Waals surface area (Å²) in [5.74, 6) is 0.862. The van der Waals surface area contributed by atoms with E-state index in [-0.39, 0.29) is 0 Å². The summed E-state index contributed by atoms with van der Waals surface area (Å²) in [5, 5.41) is 6.78. The van der Waals surface area contributed by atoms with Crippen LogP contribution < -0.4 is 15.5 Å². The van der Waals surface area contributed by atoms with E-state index in [0.717, 1.165) is 45.0 Å². The second kappa shape index (κ2) is 7.68. The van der Waals surface area contributed by atoms with Crippen LogP contribution in [0.1, 0.15) is 25.3 Å². The molecule has 5 heteroatoms. The van der Waals surface area contributed by atoms with Gasteiger partial charge in [-0.2, -0.15) is 0 Å². The Labute approximate surface area is 139 Å². The van der Waals surface area contributed by atoms with Crippen molar-refractivity contribution in [3.8, 4) is 0 Å². The van der Waals surface area contributed by atoms with E-state index >= 15 is 0 Å². The SMILES string of the molecule is CN=C(NCCN1c2ccccc2CC1C)NCC1CCCO1. The molecule has 0 aliphatic carbocycles. The second-order valence-corrected chi connectivity index (χ2v) is 6.39. The van der Waals surface area contributed by atoms with Crippen LogP contribution in [0.15, 0.2) is 29.3 Å². The maximum Gasteiger partial charge on any atom is 0.191 e. The van der Waals surface area contributed by atoms with E-state index in [9.17, 15) is 0 Å². The molecule has 0 bridgehead atoms. The molecule has 0 amide bonds. The zero-order valence-electron chi connectivity index (χ0n) is 14.2. The van der Waals surface area contributed by atoms with E-state index in [1.165, 1.54) is 17.7 Å². The molecule has 1 fully saturated rings. The number of hydrogen-bond acceptors (Lipinski definition) is 3. The van der Waals surface area contributed by atoms with Crippen molar-refractivity contribution in [3.63, 3.8) is 0 Å². The van der Waals surface area contributed by atoms with Crippen LogP contribution in [0.4, 0.5) is 5.69 Å². The molecule has 1 aromatic carbocycles. The summed E-state index contributed by atoms with van der Waals surface area (Å²) in [7, 11) is 1.82. The summed E-state index contributed by atoms with van der Waals surface area (Å²) < 4.78 is 5.63. The number of anilines is 1. The zero-order chi connectivity index (χ0) is 16.1. The van der Waals surface area contributed by atoms with E-state index in [0.29, 0.717) is 12.1 Å². The number of nitrogens with one attached hydrogen (secondary N) is 2. The zero-order valence-corrected chi connectivity index (χ0v) is 14.2. The summed E-state index contributed by atoms with van der Waals surface area (Å²) in [6.07, 6.45) is 3.79. The van der Waals surface area contributed by atoms with Crippen LogP contribution in [0.2, 0.25) is 0 Å². The molecule has 2 atom stereocenters. The lowest BCUT2D eigenvalue weighted by molar-refractivity contribution is 0.114. The predicted molar refractivity (Wildman–Crippen MR) is 95.3 cm³/mol. The van der Waals surface area contributed by atoms with Crippen LogP contribution in [0.3, 0.4) is 0 Å². The van der Waals surface area contributed by atoms with Gasteiger partial charge in [-0.05, 0) is 37.8 Å². The Kier molecular flexibility index (Phi) is 5.39. The van der Waals surface area contributed by atoms with Gasteiger partial charge >= 0.3 is 0 Å². The fourth-order valence-electron chi connectivity index (χ4n) is 3.50. The lowest BCUT2D eigenvalue weighted by Crippen LogP contribution is -2.44. The third-order valence-electron chi connectivity index (χ3n) is 4.74. The van der Waals surface area contributed by atoms with Crippen molar-refractivity contribution in [2.24, 2.45) is 4.99 Å². The summed E-state index contributed by atoms with van der Waals surface area (Å²) in [6, 6.07) is 9.28. The van der Waals surface area contributed by atoms with Crippen molar-refractivity contribution in [1.29, 1.82) is 0 Å². The third-order valence-corrected chi connectivity index (χ3v) is 4.74. The van der Waals surface area contributed by atoms with Gasteiger partial charge in [-0.1, -0.05) is 18.2 Å². The highest BCUT2D eigenvalue weighted by atomic mass is 16.5. The molecule has 0 spiro atoms. The largest absolute Gasteiger partial charge is 0.376 e. The van der Waals surface area contributed by atoms with E-state index in [1.807, 2.05) is 7.05 Å². The minimum atomic E-state index is 0.332. The summed E-state index contributed by atoms with van der Waals surface area (Å²) in [6.45, 7) is 5.89. The van der Waals surface area contributed by atoms with E-state index in [1.54, 1.807) is 0 Å². The highest BCUT2D eigenvalue weighted by Gasteiger charge is 2.24. The average Bonchev–Trinajstić information content (AvgIpc) is 3.18. The number of aliphatic imine (C=N–C) groups is 1. The Balaban J connectivity index is 1.44. The second-order valence-electron chi connectivity index (χ2n) is 6.39. The molecule has 1 aromatic rings. The molecule has 0 saturated carbocycles. The number of para-hydroxylation sites is 1. The van der Waals surface area contributed by atoms with Crippen molar-refractivity contribution in [2.75, 3.05) is 38.2 Å². The molecule has 2 unspecified atom stereocenters. The first-order valence-electron chi connectivity index (χ1n) is 8.68. The molecule has 2 N–H and O–H groups in total. The maximum atomic E-state index is 5.63. The van der Waals surface area contributed by atoms with Gasteiger partial charge in [0.2, 0.25) is 0 Å². The van der Waals surface area contributed by atoms with Crippen molar-refractivity contribution in [2.45, 2.75) is 38.3 Å². The van der Waals surface area contributed by atoms with Gasteiger partial charge in [-0.3, -0.25) is 4.99 Å². The monoisotopic (exact) mass is 316 g/mol. The fourth-order valence-corrected chi connectivity index (χ4v) is 3.50. The Morgan fingerprint density at radius 1 is 1.35 bits per heavy atom. The van der Waals surface area contributed by atoms with E-state index in [4.69, 9.17) is 4.74 Å². The Hall–Kier alpha value is -1.75. The number of guanidine groups is 1. The Morgan fingerprint density at radius 3 is 3.00 bits per heavy atom. The lowest BCUT2D eigenvalue weighted by Gasteiger charge is -2.25. The topological polar surface area (TPSA) is 48.9 Å². The summed E-state index contributed by atoms with van der Waals surface area (Å²) >= 11 is 0. The van der Waals surface area contributed by atoms with Crippen LogP contribution in [-0.4, -0.2) is 51.4 Å². The van der Waals surface area contributed by atoms with Gasteiger partial charge in [0.25, 0.3) is 0 Å². The molecule has 5 nitrogen and oxygen atoms in total. The summed E-state index contributed by atoms with van der Waals surface area (Å²) in [5.41, 5.74) is 2.84. The molecule has 0 aromatic heterocycles. The van der Waals surface area contributed by atoms with Gasteiger partial charge < -0.3 is 20.3 Å². The molecule has 2 aliphatic heterocycles. The van der Waals surface area contributed by atoms with Crippen LogP contribution in [0, 0.1) is 0 Å². The Bertz CT molecular complexity index is 540. The number of rotatable bonds is 5. The Morgan fingerprint density at radius 2 is 2.22 bits per heavy atom. The minimum Gasteiger partial charge on any atom is -0.376 e. The first-order chi connectivity index (χ1) is 11.3. The number of benzene rings is 1. The maximum absolute atomic E-state index is 5.63. The van der Waals surface area contributed by atoms with Gasteiger partial charge in [-0.25, -0.2) is 0 Å². The van der Waals surface area contributed by atoms with Gasteiger partial charge in [0, 0.05) is 45.0 Å². The lowest BCUT2D eigenvalue weighted by atomic mass is 10.1. The van der Waals surface area contributed by atoms with E-state index < -0.39 is 0 Å². The van der Waals surface area contributed by atoms with Crippen molar-refractivity contribution < 1.29 is 4.74 Å². The van der Waals surface area contributed by atoms with Gasteiger partial charge in [0.1, 0.15) is 0 Å². The number of nitrogens with zero attached hydrogens (tertiary/aromatic N) is 2. The smallest absolute Gasteiger partial charge is 0.191 e. The highest BCUT2D eigenvalue weighted by molar-refractivity contribution is 5.79. The first-order valence-corrected chi connectivity index (χ1v) is 8.68. The molecule has 0 radical (unpaired) electrons. The quantitative estimate of drug-likeness (QED) is 0.642. The molecule has 2 aliphatic rings. The van der Waals surface area contributed by atoms with Crippen molar-refractivity contribution in [1.82, 2.24) is 10.6 Å². The molecule has 2 heterocycles. The number of ether oxygens (including phenoxy) is 1. The molecular weight excluding hydrogens is 288 g/mol. The van der Waals surface area contributed by atoms with Crippen molar-refractivity contribution >= 4 is 11.6 Å². The number of hydrogen-bond donors (Lipinski definition) is 2. The molecule has 126 valence electrons. The van der Waals surface area contributed by atoms with Crippen LogP contribution >= 0.6 is 0 Å². The molecule has 1 saturated heterocycles. The van der Waals surface area contributed by atoms with Gasteiger partial charge in [0.15, 0.2) is 5.96 Å². The molecule has 3 rings (SSSR count). The van der Waals surface area contributed by atoms with Gasteiger partial charge in [0.05, 0.1) is 6.10 Å². The number of fused-ring (bicyclic) bond motifs is 1.